The largest absolute Gasteiger partial charge is 0.490 e. The molecule has 0 amide bonds. The number of halogens is 1. The summed E-state index contributed by atoms with van der Waals surface area (Å²) < 4.78 is 5.42. The molecule has 1 nitrogen and oxygen atoms in total. The highest BCUT2D eigenvalue weighted by Crippen LogP contribution is 2.07. The van der Waals surface area contributed by atoms with E-state index in [4.69, 9.17) is 16.3 Å². The van der Waals surface area contributed by atoms with Crippen molar-refractivity contribution in [3.63, 3.8) is 0 Å². The van der Waals surface area contributed by atoms with E-state index in [1.807, 2.05) is 72.8 Å². The summed E-state index contributed by atoms with van der Waals surface area (Å²) in [5.74, 6) is 0.929. The molecule has 0 aliphatic carbocycles. The zero-order valence-corrected chi connectivity index (χ0v) is 13.0. The van der Waals surface area contributed by atoms with Crippen LogP contribution in [0.4, 0.5) is 0 Å². The molecule has 0 N–H and O–H groups in total. The average Bonchev–Trinajstić information content (AvgIpc) is 2.55. The van der Waals surface area contributed by atoms with E-state index in [1.54, 1.807) is 0 Å². The number of para-hydroxylation sites is 1. The van der Waals surface area contributed by atoms with Crippen molar-refractivity contribution in [2.24, 2.45) is 0 Å². The summed E-state index contributed by atoms with van der Waals surface area (Å²) >= 11 is 5.36. The molecule has 0 aliphatic rings. The van der Waals surface area contributed by atoms with Crippen LogP contribution in [-0.4, -0.2) is 6.61 Å². The van der Waals surface area contributed by atoms with E-state index in [-0.39, 0.29) is 0 Å². The van der Waals surface area contributed by atoms with Crippen molar-refractivity contribution >= 4 is 17.7 Å². The standard InChI is InChI=1S/C11H14O.C8H7Cl/c1-2-3-7-10-12-11-8-5-4-6-9-11;9-7-6-8-4-2-1-3-5-8/h3-9H,2,10H2,1H3;1-7H. The molecular weight excluding hydrogens is 280 g/mol. The van der Waals surface area contributed by atoms with Gasteiger partial charge in [-0.25, -0.2) is 0 Å². The molecule has 0 heterocycles. The zero-order chi connectivity index (χ0) is 15.2. The molecule has 0 aliphatic heterocycles. The van der Waals surface area contributed by atoms with Crippen molar-refractivity contribution in [1.29, 1.82) is 0 Å². The minimum Gasteiger partial charge on any atom is -0.490 e. The van der Waals surface area contributed by atoms with Crippen LogP contribution in [0.3, 0.4) is 0 Å². The molecule has 2 rings (SSSR count). The average molecular weight is 301 g/mol. The Morgan fingerprint density at radius 1 is 0.905 bits per heavy atom. The Labute approximate surface area is 132 Å². The van der Waals surface area contributed by atoms with E-state index >= 15 is 0 Å². The van der Waals surface area contributed by atoms with Gasteiger partial charge in [0.15, 0.2) is 0 Å². The predicted molar refractivity (Wildman–Crippen MR) is 92.7 cm³/mol. The monoisotopic (exact) mass is 300 g/mol. The van der Waals surface area contributed by atoms with E-state index in [2.05, 4.69) is 13.0 Å². The van der Waals surface area contributed by atoms with Gasteiger partial charge in [0.05, 0.1) is 0 Å². The van der Waals surface area contributed by atoms with Crippen LogP contribution in [0.1, 0.15) is 18.9 Å². The Bertz CT molecular complexity index is 518. The van der Waals surface area contributed by atoms with Crippen molar-refractivity contribution in [2.45, 2.75) is 13.3 Å². The maximum absolute atomic E-state index is 5.42. The van der Waals surface area contributed by atoms with Gasteiger partial charge in [-0.05, 0) is 30.2 Å². The lowest BCUT2D eigenvalue weighted by Gasteiger charge is -2.00. The van der Waals surface area contributed by atoms with Gasteiger partial charge in [-0.3, -0.25) is 0 Å². The molecule has 0 radical (unpaired) electrons. The summed E-state index contributed by atoms with van der Waals surface area (Å²) in [6.07, 6.45) is 7.05. The molecule has 0 bridgehead atoms. The van der Waals surface area contributed by atoms with Crippen LogP contribution in [0.25, 0.3) is 6.08 Å². The Balaban J connectivity index is 0.000000219. The number of hydrogen-bond acceptors (Lipinski definition) is 1. The Morgan fingerprint density at radius 2 is 1.52 bits per heavy atom. The first-order chi connectivity index (χ1) is 10.4. The van der Waals surface area contributed by atoms with Gasteiger partial charge in [0, 0.05) is 5.54 Å². The van der Waals surface area contributed by atoms with Crippen LogP contribution in [0.5, 0.6) is 5.75 Å². The highest BCUT2D eigenvalue weighted by molar-refractivity contribution is 6.27. The Hall–Kier alpha value is -1.99. The van der Waals surface area contributed by atoms with Gasteiger partial charge in [-0.15, -0.1) is 0 Å². The summed E-state index contributed by atoms with van der Waals surface area (Å²) in [6.45, 7) is 2.77. The molecule has 2 heteroatoms. The Morgan fingerprint density at radius 3 is 2.10 bits per heavy atom. The minimum absolute atomic E-state index is 0.665. The van der Waals surface area contributed by atoms with E-state index in [1.165, 1.54) is 5.54 Å². The second kappa shape index (κ2) is 11.8. The lowest BCUT2D eigenvalue weighted by atomic mass is 10.2. The maximum atomic E-state index is 5.42. The molecule has 0 spiro atoms. The van der Waals surface area contributed by atoms with E-state index in [9.17, 15) is 0 Å². The molecular formula is C19H21ClO. The molecule has 21 heavy (non-hydrogen) atoms. The number of allylic oxidation sites excluding steroid dienone is 1. The van der Waals surface area contributed by atoms with E-state index in [0.717, 1.165) is 17.7 Å². The number of ether oxygens (including phenoxy) is 1. The summed E-state index contributed by atoms with van der Waals surface area (Å²) in [4.78, 5) is 0. The van der Waals surface area contributed by atoms with Crippen molar-refractivity contribution in [1.82, 2.24) is 0 Å². The molecule has 0 unspecified atom stereocenters. The van der Waals surface area contributed by atoms with Gasteiger partial charge >= 0.3 is 0 Å². The molecule has 0 saturated heterocycles. The van der Waals surface area contributed by atoms with Gasteiger partial charge in [0.2, 0.25) is 0 Å². The van der Waals surface area contributed by atoms with Crippen LogP contribution >= 0.6 is 11.6 Å². The van der Waals surface area contributed by atoms with Gasteiger partial charge in [-0.2, -0.15) is 0 Å². The van der Waals surface area contributed by atoms with Gasteiger partial charge in [-0.1, -0.05) is 79.2 Å². The van der Waals surface area contributed by atoms with Crippen LogP contribution in [-0.2, 0) is 0 Å². The fraction of sp³-hybridized carbons (Fsp3) is 0.158. The summed E-state index contributed by atoms with van der Waals surface area (Å²) in [6, 6.07) is 19.8. The zero-order valence-electron chi connectivity index (χ0n) is 12.3. The first-order valence-electron chi connectivity index (χ1n) is 7.01. The molecule has 0 fully saturated rings. The first-order valence-corrected chi connectivity index (χ1v) is 7.45. The van der Waals surface area contributed by atoms with E-state index in [0.29, 0.717) is 6.61 Å². The van der Waals surface area contributed by atoms with E-state index < -0.39 is 0 Å². The SMILES string of the molecule is CCC=CCOc1ccccc1.ClC=Cc1ccccc1. The molecule has 110 valence electrons. The predicted octanol–water partition coefficient (Wildman–Crippen LogP) is 5.93. The number of rotatable bonds is 5. The first kappa shape index (κ1) is 17.1. The highest BCUT2D eigenvalue weighted by atomic mass is 35.5. The molecule has 0 saturated carbocycles. The van der Waals surface area contributed by atoms with Crippen molar-refractivity contribution in [3.8, 4) is 5.75 Å². The quantitative estimate of drug-likeness (QED) is 0.622. The molecule has 2 aromatic carbocycles. The number of hydrogen-bond donors (Lipinski definition) is 0. The molecule has 0 aromatic heterocycles. The molecule has 0 atom stereocenters. The summed E-state index contributed by atoms with van der Waals surface area (Å²) in [5, 5.41) is 0. The third-order valence-corrected chi connectivity index (χ3v) is 2.67. The van der Waals surface area contributed by atoms with Crippen molar-refractivity contribution in [3.05, 3.63) is 83.9 Å². The van der Waals surface area contributed by atoms with Crippen molar-refractivity contribution < 1.29 is 4.74 Å². The highest BCUT2D eigenvalue weighted by Gasteiger charge is 1.86. The van der Waals surface area contributed by atoms with Gasteiger partial charge in [0.1, 0.15) is 12.4 Å². The van der Waals surface area contributed by atoms with Crippen LogP contribution < -0.4 is 4.74 Å². The van der Waals surface area contributed by atoms with Gasteiger partial charge < -0.3 is 4.74 Å². The van der Waals surface area contributed by atoms with Crippen LogP contribution in [0.15, 0.2) is 78.4 Å². The van der Waals surface area contributed by atoms with Gasteiger partial charge in [0.25, 0.3) is 0 Å². The Kier molecular flexibility index (Phi) is 9.59. The summed E-state index contributed by atoms with van der Waals surface area (Å²) in [7, 11) is 0. The maximum Gasteiger partial charge on any atom is 0.119 e. The minimum atomic E-state index is 0.665. The fourth-order valence-corrected chi connectivity index (χ4v) is 1.68. The smallest absolute Gasteiger partial charge is 0.119 e. The topological polar surface area (TPSA) is 9.23 Å². The third kappa shape index (κ3) is 8.72. The normalized spacial score (nSPS) is 10.4. The fourth-order valence-electron chi connectivity index (χ4n) is 1.53. The second-order valence-electron chi connectivity index (χ2n) is 4.21. The van der Waals surface area contributed by atoms with Crippen molar-refractivity contribution in [2.75, 3.05) is 6.61 Å². The van der Waals surface area contributed by atoms with Crippen LogP contribution in [0.2, 0.25) is 0 Å². The summed E-state index contributed by atoms with van der Waals surface area (Å²) in [5.41, 5.74) is 2.64. The lowest BCUT2D eigenvalue weighted by molar-refractivity contribution is 0.362. The van der Waals surface area contributed by atoms with Crippen LogP contribution in [0, 0.1) is 0 Å². The third-order valence-electron chi connectivity index (χ3n) is 2.55. The molecule has 2 aromatic rings. The lowest BCUT2D eigenvalue weighted by Crippen LogP contribution is -1.92. The number of benzene rings is 2. The second-order valence-corrected chi connectivity index (χ2v) is 4.46.